The van der Waals surface area contributed by atoms with Gasteiger partial charge < -0.3 is 15.2 Å². The number of anilines is 1. The molecule has 0 aliphatic heterocycles. The SMILES string of the molecule is COC(=O)c1ncn(CCOc2ccc(N)cc2)n1. The average molecular weight is 262 g/mol. The van der Waals surface area contributed by atoms with E-state index in [2.05, 4.69) is 14.8 Å². The van der Waals surface area contributed by atoms with Crippen LogP contribution in [0.2, 0.25) is 0 Å². The lowest BCUT2D eigenvalue weighted by atomic mass is 10.3. The van der Waals surface area contributed by atoms with Crippen LogP contribution in [0.1, 0.15) is 10.6 Å². The molecule has 100 valence electrons. The van der Waals surface area contributed by atoms with E-state index in [1.807, 2.05) is 0 Å². The molecule has 2 N–H and O–H groups in total. The van der Waals surface area contributed by atoms with E-state index in [0.717, 1.165) is 5.75 Å². The lowest BCUT2D eigenvalue weighted by molar-refractivity contribution is 0.0586. The molecule has 7 nitrogen and oxygen atoms in total. The van der Waals surface area contributed by atoms with Gasteiger partial charge >= 0.3 is 5.97 Å². The summed E-state index contributed by atoms with van der Waals surface area (Å²) in [5.41, 5.74) is 6.26. The Morgan fingerprint density at radius 3 is 2.79 bits per heavy atom. The quantitative estimate of drug-likeness (QED) is 0.630. The number of esters is 1. The molecule has 0 saturated heterocycles. The number of aromatic nitrogens is 3. The highest BCUT2D eigenvalue weighted by Gasteiger charge is 2.10. The first-order valence-electron chi connectivity index (χ1n) is 5.65. The highest BCUT2D eigenvalue weighted by molar-refractivity contribution is 5.84. The zero-order chi connectivity index (χ0) is 13.7. The van der Waals surface area contributed by atoms with Crippen molar-refractivity contribution in [3.05, 3.63) is 36.4 Å². The highest BCUT2D eigenvalue weighted by atomic mass is 16.5. The van der Waals surface area contributed by atoms with Crippen molar-refractivity contribution in [2.45, 2.75) is 6.54 Å². The van der Waals surface area contributed by atoms with Crippen LogP contribution in [0, 0.1) is 0 Å². The Bertz CT molecular complexity index is 550. The second-order valence-electron chi connectivity index (χ2n) is 3.74. The van der Waals surface area contributed by atoms with Crippen molar-refractivity contribution in [3.8, 4) is 5.75 Å². The summed E-state index contributed by atoms with van der Waals surface area (Å²) < 4.78 is 11.5. The smallest absolute Gasteiger partial charge is 0.377 e. The fourth-order valence-electron chi connectivity index (χ4n) is 1.41. The second-order valence-corrected chi connectivity index (χ2v) is 3.74. The van der Waals surface area contributed by atoms with E-state index in [4.69, 9.17) is 10.5 Å². The topological polar surface area (TPSA) is 92.3 Å². The third-order valence-corrected chi connectivity index (χ3v) is 2.37. The molecule has 0 aliphatic carbocycles. The van der Waals surface area contributed by atoms with E-state index < -0.39 is 5.97 Å². The number of carbonyl (C=O) groups is 1. The number of rotatable bonds is 5. The first kappa shape index (κ1) is 12.9. The van der Waals surface area contributed by atoms with E-state index in [9.17, 15) is 4.79 Å². The standard InChI is InChI=1S/C12H14N4O3/c1-18-12(17)11-14-8-16(15-11)6-7-19-10-4-2-9(13)3-5-10/h2-5,8H,6-7,13H2,1H3. The Hall–Kier alpha value is -2.57. The summed E-state index contributed by atoms with van der Waals surface area (Å²) in [6.45, 7) is 0.891. The molecule has 0 bridgehead atoms. The van der Waals surface area contributed by atoms with Gasteiger partial charge in [-0.1, -0.05) is 0 Å². The van der Waals surface area contributed by atoms with E-state index >= 15 is 0 Å². The maximum Gasteiger partial charge on any atom is 0.377 e. The van der Waals surface area contributed by atoms with Crippen LogP contribution in [-0.2, 0) is 11.3 Å². The molecule has 0 amide bonds. The van der Waals surface area contributed by atoms with Gasteiger partial charge in [-0.3, -0.25) is 0 Å². The van der Waals surface area contributed by atoms with Gasteiger partial charge in [0.1, 0.15) is 18.7 Å². The van der Waals surface area contributed by atoms with E-state index in [1.54, 1.807) is 24.3 Å². The number of hydrogen-bond acceptors (Lipinski definition) is 6. The van der Waals surface area contributed by atoms with Crippen LogP contribution in [-0.4, -0.2) is 34.5 Å². The molecule has 0 aliphatic rings. The minimum atomic E-state index is -0.557. The van der Waals surface area contributed by atoms with Crippen LogP contribution in [0.25, 0.3) is 0 Å². The maximum absolute atomic E-state index is 11.2. The Morgan fingerprint density at radius 1 is 1.37 bits per heavy atom. The second kappa shape index (κ2) is 5.85. The minimum Gasteiger partial charge on any atom is -0.492 e. The van der Waals surface area contributed by atoms with Gasteiger partial charge in [0.25, 0.3) is 5.82 Å². The first-order chi connectivity index (χ1) is 9.19. The fraction of sp³-hybridized carbons (Fsp3) is 0.250. The van der Waals surface area contributed by atoms with E-state index in [0.29, 0.717) is 18.8 Å². The summed E-state index contributed by atoms with van der Waals surface area (Å²) in [5.74, 6) is 0.204. The number of carbonyl (C=O) groups excluding carboxylic acids is 1. The summed E-state index contributed by atoms with van der Waals surface area (Å²) in [7, 11) is 1.28. The number of benzene rings is 1. The van der Waals surface area contributed by atoms with Crippen molar-refractivity contribution in [1.29, 1.82) is 0 Å². The molecular formula is C12H14N4O3. The lowest BCUT2D eigenvalue weighted by Gasteiger charge is -2.05. The molecule has 1 heterocycles. The van der Waals surface area contributed by atoms with Gasteiger partial charge in [-0.2, -0.15) is 0 Å². The molecule has 0 atom stereocenters. The van der Waals surface area contributed by atoms with Gasteiger partial charge in [-0.05, 0) is 24.3 Å². The molecule has 2 aromatic rings. The third kappa shape index (κ3) is 3.44. The number of nitrogens with two attached hydrogens (primary N) is 1. The van der Waals surface area contributed by atoms with Gasteiger partial charge in [0.15, 0.2) is 0 Å². The Morgan fingerprint density at radius 2 is 2.11 bits per heavy atom. The van der Waals surface area contributed by atoms with Crippen molar-refractivity contribution in [2.75, 3.05) is 19.5 Å². The number of nitrogens with zero attached hydrogens (tertiary/aromatic N) is 3. The number of methoxy groups -OCH3 is 1. The molecular weight excluding hydrogens is 248 g/mol. The molecule has 1 aromatic heterocycles. The molecule has 0 unspecified atom stereocenters. The van der Waals surface area contributed by atoms with Gasteiger partial charge in [0.2, 0.25) is 0 Å². The first-order valence-corrected chi connectivity index (χ1v) is 5.65. The van der Waals surface area contributed by atoms with Crippen LogP contribution >= 0.6 is 0 Å². The average Bonchev–Trinajstić information content (AvgIpc) is 2.89. The summed E-state index contributed by atoms with van der Waals surface area (Å²) >= 11 is 0. The highest BCUT2D eigenvalue weighted by Crippen LogP contribution is 2.12. The van der Waals surface area contributed by atoms with Gasteiger partial charge in [-0.15, -0.1) is 5.10 Å². The lowest BCUT2D eigenvalue weighted by Crippen LogP contribution is -2.10. The van der Waals surface area contributed by atoms with Crippen molar-refractivity contribution in [3.63, 3.8) is 0 Å². The molecule has 0 fully saturated rings. The normalized spacial score (nSPS) is 10.2. The number of ether oxygens (including phenoxy) is 2. The number of nitrogen functional groups attached to an aromatic ring is 1. The summed E-state index contributed by atoms with van der Waals surface area (Å²) in [6.07, 6.45) is 1.46. The van der Waals surface area contributed by atoms with Gasteiger partial charge in [0, 0.05) is 5.69 Å². The van der Waals surface area contributed by atoms with Crippen LogP contribution in [0.5, 0.6) is 5.75 Å². The molecule has 0 saturated carbocycles. The number of hydrogen-bond donors (Lipinski definition) is 1. The molecule has 0 radical (unpaired) electrons. The zero-order valence-corrected chi connectivity index (χ0v) is 10.4. The van der Waals surface area contributed by atoms with Gasteiger partial charge in [-0.25, -0.2) is 14.5 Å². The minimum absolute atomic E-state index is 0.0370. The fourth-order valence-corrected chi connectivity index (χ4v) is 1.41. The molecule has 7 heteroatoms. The monoisotopic (exact) mass is 262 g/mol. The van der Waals surface area contributed by atoms with Crippen LogP contribution in [0.15, 0.2) is 30.6 Å². The molecule has 0 spiro atoms. The van der Waals surface area contributed by atoms with Crippen molar-refractivity contribution in [2.24, 2.45) is 0 Å². The Balaban J connectivity index is 1.84. The van der Waals surface area contributed by atoms with Crippen LogP contribution in [0.4, 0.5) is 5.69 Å². The van der Waals surface area contributed by atoms with Crippen LogP contribution < -0.4 is 10.5 Å². The summed E-state index contributed by atoms with van der Waals surface area (Å²) in [5, 5.41) is 3.96. The van der Waals surface area contributed by atoms with Gasteiger partial charge in [0.05, 0.1) is 13.7 Å². The van der Waals surface area contributed by atoms with Crippen molar-refractivity contribution >= 4 is 11.7 Å². The maximum atomic E-state index is 11.2. The Kier molecular flexibility index (Phi) is 3.97. The largest absolute Gasteiger partial charge is 0.492 e. The van der Waals surface area contributed by atoms with Crippen molar-refractivity contribution in [1.82, 2.24) is 14.8 Å². The van der Waals surface area contributed by atoms with Crippen LogP contribution in [0.3, 0.4) is 0 Å². The predicted octanol–water partition coefficient (Wildman–Crippen LogP) is 0.726. The Labute approximate surface area is 110 Å². The van der Waals surface area contributed by atoms with Crippen molar-refractivity contribution < 1.29 is 14.3 Å². The zero-order valence-electron chi connectivity index (χ0n) is 10.4. The molecule has 1 aromatic carbocycles. The summed E-state index contributed by atoms with van der Waals surface area (Å²) in [6, 6.07) is 7.10. The molecule has 2 rings (SSSR count). The van der Waals surface area contributed by atoms with E-state index in [1.165, 1.54) is 18.1 Å². The third-order valence-electron chi connectivity index (χ3n) is 2.37. The summed E-state index contributed by atoms with van der Waals surface area (Å²) in [4.78, 5) is 15.0. The predicted molar refractivity (Wildman–Crippen MR) is 67.7 cm³/mol. The van der Waals surface area contributed by atoms with E-state index in [-0.39, 0.29) is 5.82 Å². The molecule has 19 heavy (non-hydrogen) atoms.